The highest BCUT2D eigenvalue weighted by molar-refractivity contribution is 7.93. The van der Waals surface area contributed by atoms with Crippen LogP contribution in [0.25, 0.3) is 0 Å². The van der Waals surface area contributed by atoms with Gasteiger partial charge in [0.2, 0.25) is 5.91 Å². The highest BCUT2D eigenvalue weighted by atomic mass is 35.5. The molecule has 5 nitrogen and oxygen atoms in total. The van der Waals surface area contributed by atoms with Crippen molar-refractivity contribution in [3.05, 3.63) is 0 Å². The van der Waals surface area contributed by atoms with Crippen LogP contribution in [0.5, 0.6) is 0 Å². The second-order valence-corrected chi connectivity index (χ2v) is 9.95. The summed E-state index contributed by atoms with van der Waals surface area (Å²) in [5.41, 5.74) is 0. The van der Waals surface area contributed by atoms with Crippen LogP contribution in [0, 0.1) is 11.8 Å². The molecule has 1 saturated carbocycles. The van der Waals surface area contributed by atoms with E-state index in [9.17, 15) is 13.2 Å². The van der Waals surface area contributed by atoms with Crippen LogP contribution in [-0.4, -0.2) is 44.0 Å². The zero-order chi connectivity index (χ0) is 17.0. The number of halogens is 1. The lowest BCUT2D eigenvalue weighted by atomic mass is 9.95. The zero-order valence-corrected chi connectivity index (χ0v) is 16.7. The maximum atomic E-state index is 13.0. The first-order valence-corrected chi connectivity index (χ1v) is 10.7. The number of carbonyl (C=O) groups excluding carboxylic acids is 1. The smallest absolute Gasteiger partial charge is 0.238 e. The average molecular weight is 381 g/mol. The van der Waals surface area contributed by atoms with E-state index in [4.69, 9.17) is 0 Å². The van der Waals surface area contributed by atoms with Crippen molar-refractivity contribution in [3.63, 3.8) is 0 Å². The normalized spacial score (nSPS) is 27.3. The van der Waals surface area contributed by atoms with E-state index in [2.05, 4.69) is 17.6 Å². The third kappa shape index (κ3) is 5.09. The quantitative estimate of drug-likeness (QED) is 0.767. The van der Waals surface area contributed by atoms with Crippen molar-refractivity contribution < 1.29 is 13.2 Å². The maximum absolute atomic E-state index is 13.0. The van der Waals surface area contributed by atoms with Crippen molar-refractivity contribution in [2.24, 2.45) is 11.8 Å². The fraction of sp³-hybridized carbons (Fsp3) is 0.941. The summed E-state index contributed by atoms with van der Waals surface area (Å²) in [6.07, 6.45) is 5.31. The fourth-order valence-corrected chi connectivity index (χ4v) is 6.46. The van der Waals surface area contributed by atoms with Crippen LogP contribution in [0.1, 0.15) is 59.3 Å². The van der Waals surface area contributed by atoms with Gasteiger partial charge >= 0.3 is 0 Å². The molecule has 2 rings (SSSR count). The predicted molar refractivity (Wildman–Crippen MR) is 100 cm³/mol. The van der Waals surface area contributed by atoms with Gasteiger partial charge in [-0.3, -0.25) is 4.79 Å². The summed E-state index contributed by atoms with van der Waals surface area (Å²) >= 11 is 0. The lowest BCUT2D eigenvalue weighted by Gasteiger charge is -2.33. The van der Waals surface area contributed by atoms with Gasteiger partial charge in [0.15, 0.2) is 9.84 Å². The minimum Gasteiger partial charge on any atom is -0.352 e. The van der Waals surface area contributed by atoms with Crippen molar-refractivity contribution in [3.8, 4) is 0 Å². The number of sulfone groups is 1. The van der Waals surface area contributed by atoms with Crippen LogP contribution < -0.4 is 10.6 Å². The van der Waals surface area contributed by atoms with Crippen molar-refractivity contribution in [1.29, 1.82) is 0 Å². The van der Waals surface area contributed by atoms with Gasteiger partial charge in [0.25, 0.3) is 0 Å². The summed E-state index contributed by atoms with van der Waals surface area (Å²) in [5, 5.41) is 5.10. The van der Waals surface area contributed by atoms with Gasteiger partial charge in [-0.25, -0.2) is 8.42 Å². The molecule has 3 unspecified atom stereocenters. The summed E-state index contributed by atoms with van der Waals surface area (Å²) in [6, 6.07) is 0.0755. The molecule has 7 heteroatoms. The summed E-state index contributed by atoms with van der Waals surface area (Å²) in [7, 11) is -3.42. The summed E-state index contributed by atoms with van der Waals surface area (Å²) < 4.78 is 26.0. The van der Waals surface area contributed by atoms with Crippen LogP contribution in [0.15, 0.2) is 0 Å². The predicted octanol–water partition coefficient (Wildman–Crippen LogP) is 2.29. The zero-order valence-electron chi connectivity index (χ0n) is 15.1. The SMILES string of the molecule is CC(C)C(C(=O)NC1CCNCC1C)S(=O)(=O)C1CCCCC1.Cl. The van der Waals surface area contributed by atoms with Crippen LogP contribution >= 0.6 is 12.4 Å². The lowest BCUT2D eigenvalue weighted by Crippen LogP contribution is -2.54. The highest BCUT2D eigenvalue weighted by Crippen LogP contribution is 2.29. The largest absolute Gasteiger partial charge is 0.352 e. The Bertz CT molecular complexity index is 504. The highest BCUT2D eigenvalue weighted by Gasteiger charge is 2.42. The summed E-state index contributed by atoms with van der Waals surface area (Å²) in [5.74, 6) is -0.152. The van der Waals surface area contributed by atoms with Crippen molar-refractivity contribution in [2.75, 3.05) is 13.1 Å². The molecule has 1 heterocycles. The summed E-state index contributed by atoms with van der Waals surface area (Å²) in [6.45, 7) is 7.52. The number of piperidine rings is 1. The second-order valence-electron chi connectivity index (χ2n) is 7.60. The second kappa shape index (κ2) is 9.39. The van der Waals surface area contributed by atoms with Crippen LogP contribution in [0.2, 0.25) is 0 Å². The number of hydrogen-bond acceptors (Lipinski definition) is 4. The molecule has 24 heavy (non-hydrogen) atoms. The van der Waals surface area contributed by atoms with Gasteiger partial charge in [-0.2, -0.15) is 0 Å². The van der Waals surface area contributed by atoms with Gasteiger partial charge in [0.05, 0.1) is 5.25 Å². The monoisotopic (exact) mass is 380 g/mol. The van der Waals surface area contributed by atoms with E-state index >= 15 is 0 Å². The Morgan fingerprint density at radius 1 is 1.12 bits per heavy atom. The fourth-order valence-electron chi connectivity index (χ4n) is 3.93. The molecular weight excluding hydrogens is 348 g/mol. The Balaban J connectivity index is 0.00000288. The van der Waals surface area contributed by atoms with Crippen LogP contribution in [0.4, 0.5) is 0 Å². The third-order valence-corrected chi connectivity index (χ3v) is 8.21. The molecule has 0 radical (unpaired) electrons. The Morgan fingerprint density at radius 2 is 1.75 bits per heavy atom. The topological polar surface area (TPSA) is 75.3 Å². The van der Waals surface area contributed by atoms with Crippen LogP contribution in [-0.2, 0) is 14.6 Å². The minimum absolute atomic E-state index is 0. The Kier molecular flexibility index (Phi) is 8.50. The number of nitrogens with one attached hydrogen (secondary N) is 2. The Labute approximate surface area is 153 Å². The molecule has 1 aliphatic heterocycles. The molecule has 0 aromatic carbocycles. The van der Waals surface area contributed by atoms with E-state index in [0.717, 1.165) is 38.8 Å². The molecule has 142 valence electrons. The van der Waals surface area contributed by atoms with E-state index in [-0.39, 0.29) is 35.5 Å². The first-order valence-electron chi connectivity index (χ1n) is 9.08. The molecule has 0 aromatic heterocycles. The number of carbonyl (C=O) groups is 1. The molecule has 1 saturated heterocycles. The molecule has 0 bridgehead atoms. The van der Waals surface area contributed by atoms with E-state index in [1.54, 1.807) is 0 Å². The lowest BCUT2D eigenvalue weighted by molar-refractivity contribution is -0.122. The first kappa shape index (κ1) is 21.7. The standard InChI is InChI=1S/C17H32N2O3S.ClH/c1-12(2)16(23(21,22)14-7-5-4-6-8-14)17(20)19-15-9-10-18-11-13(15)3;/h12-16,18H,4-11H2,1-3H3,(H,19,20);1H. The third-order valence-electron chi connectivity index (χ3n) is 5.35. The van der Waals surface area contributed by atoms with Gasteiger partial charge in [0.1, 0.15) is 5.25 Å². The average Bonchev–Trinajstić information content (AvgIpc) is 2.50. The van der Waals surface area contributed by atoms with Gasteiger partial charge in [0, 0.05) is 6.04 Å². The number of hydrogen-bond donors (Lipinski definition) is 2. The minimum atomic E-state index is -3.42. The van der Waals surface area contributed by atoms with E-state index < -0.39 is 15.1 Å². The van der Waals surface area contributed by atoms with E-state index in [0.29, 0.717) is 18.8 Å². The van der Waals surface area contributed by atoms with Gasteiger partial charge in [-0.1, -0.05) is 40.0 Å². The number of amides is 1. The Morgan fingerprint density at radius 3 is 2.29 bits per heavy atom. The van der Waals surface area contributed by atoms with Gasteiger partial charge < -0.3 is 10.6 Å². The first-order chi connectivity index (χ1) is 10.8. The van der Waals surface area contributed by atoms with Crippen molar-refractivity contribution in [1.82, 2.24) is 10.6 Å². The molecule has 2 fully saturated rings. The molecule has 2 N–H and O–H groups in total. The van der Waals surface area contributed by atoms with Crippen molar-refractivity contribution in [2.45, 2.75) is 75.8 Å². The maximum Gasteiger partial charge on any atom is 0.238 e. The molecule has 0 aromatic rings. The molecule has 0 spiro atoms. The number of rotatable bonds is 5. The van der Waals surface area contributed by atoms with Gasteiger partial charge in [-0.15, -0.1) is 12.4 Å². The van der Waals surface area contributed by atoms with E-state index in [1.165, 1.54) is 0 Å². The molecular formula is C17H33ClN2O3S. The van der Waals surface area contributed by atoms with Crippen molar-refractivity contribution >= 4 is 28.2 Å². The molecule has 1 amide bonds. The summed E-state index contributed by atoms with van der Waals surface area (Å²) in [4.78, 5) is 12.8. The van der Waals surface area contributed by atoms with Crippen LogP contribution in [0.3, 0.4) is 0 Å². The van der Waals surface area contributed by atoms with E-state index in [1.807, 2.05) is 13.8 Å². The Hall–Kier alpha value is -0.330. The molecule has 1 aliphatic carbocycles. The molecule has 2 aliphatic rings. The molecule has 3 atom stereocenters. The van der Waals surface area contributed by atoms with Gasteiger partial charge in [-0.05, 0) is 44.2 Å².